The second-order valence-corrected chi connectivity index (χ2v) is 4.91. The Balaban J connectivity index is 2.34. The third-order valence-corrected chi connectivity index (χ3v) is 3.22. The van der Waals surface area contributed by atoms with Crippen LogP contribution in [0.25, 0.3) is 0 Å². The fraction of sp³-hybridized carbons (Fsp3) is 0. The summed E-state index contributed by atoms with van der Waals surface area (Å²) >= 11 is 17.4. The summed E-state index contributed by atoms with van der Waals surface area (Å²) < 4.78 is 13.3. The largest absolute Gasteiger partial charge is 0.354 e. The highest BCUT2D eigenvalue weighted by molar-refractivity contribution is 6.35. The van der Waals surface area contributed by atoms with E-state index in [1.54, 1.807) is 12.1 Å². The molecule has 0 aromatic heterocycles. The summed E-state index contributed by atoms with van der Waals surface area (Å²) in [5, 5.41) is 11.9. The quantitative estimate of drug-likeness (QED) is 0.753. The Labute approximate surface area is 124 Å². The molecule has 0 aliphatic heterocycles. The van der Waals surface area contributed by atoms with Gasteiger partial charge in [0.25, 0.3) is 0 Å². The number of hydrogen-bond donors (Lipinski definition) is 1. The van der Waals surface area contributed by atoms with Crippen LogP contribution in [-0.2, 0) is 0 Å². The summed E-state index contributed by atoms with van der Waals surface area (Å²) in [5.74, 6) is -0.667. The van der Waals surface area contributed by atoms with Gasteiger partial charge in [0.05, 0.1) is 32.4 Å². The Hall–Kier alpha value is -1.47. The van der Waals surface area contributed by atoms with Gasteiger partial charge in [0.15, 0.2) is 5.82 Å². The molecule has 0 radical (unpaired) electrons. The molecule has 0 saturated heterocycles. The normalized spacial score (nSPS) is 10.1. The highest BCUT2D eigenvalue weighted by atomic mass is 35.5. The van der Waals surface area contributed by atoms with Gasteiger partial charge in [0.2, 0.25) is 0 Å². The van der Waals surface area contributed by atoms with Crippen molar-refractivity contribution in [1.82, 2.24) is 0 Å². The van der Waals surface area contributed by atoms with Crippen LogP contribution in [0.3, 0.4) is 0 Å². The van der Waals surface area contributed by atoms with Crippen LogP contribution in [0.5, 0.6) is 0 Å². The molecule has 2 aromatic carbocycles. The predicted molar refractivity (Wildman–Crippen MR) is 75.9 cm³/mol. The molecule has 96 valence electrons. The van der Waals surface area contributed by atoms with Crippen molar-refractivity contribution in [2.24, 2.45) is 0 Å². The Morgan fingerprint density at radius 3 is 2.16 bits per heavy atom. The maximum Gasteiger partial charge on any atom is 0.160 e. The topological polar surface area (TPSA) is 35.8 Å². The number of benzene rings is 2. The molecule has 0 aliphatic rings. The van der Waals surface area contributed by atoms with Gasteiger partial charge in [-0.2, -0.15) is 5.26 Å². The molecular formula is C13H6Cl3FN2. The van der Waals surface area contributed by atoms with Crippen molar-refractivity contribution in [2.45, 2.75) is 0 Å². The number of nitrogens with zero attached hydrogens (tertiary/aromatic N) is 1. The van der Waals surface area contributed by atoms with Crippen molar-refractivity contribution in [3.05, 3.63) is 56.8 Å². The number of rotatable bonds is 2. The Bertz CT molecular complexity index is 657. The SMILES string of the molecule is N#Cc1ccc(Nc2cc(Cl)c(F)c(Cl)c2)c(Cl)c1. The van der Waals surface area contributed by atoms with Gasteiger partial charge in [-0.05, 0) is 30.3 Å². The zero-order valence-electron chi connectivity index (χ0n) is 9.35. The molecule has 0 atom stereocenters. The van der Waals surface area contributed by atoms with E-state index in [1.165, 1.54) is 18.2 Å². The average Bonchev–Trinajstić information content (AvgIpc) is 2.38. The first-order valence-electron chi connectivity index (χ1n) is 5.12. The van der Waals surface area contributed by atoms with E-state index in [0.717, 1.165) is 0 Å². The van der Waals surface area contributed by atoms with Crippen molar-refractivity contribution in [3.63, 3.8) is 0 Å². The second-order valence-electron chi connectivity index (χ2n) is 3.69. The van der Waals surface area contributed by atoms with Gasteiger partial charge in [-0.1, -0.05) is 34.8 Å². The first-order chi connectivity index (χ1) is 9.01. The Kier molecular flexibility index (Phi) is 4.16. The van der Waals surface area contributed by atoms with Crippen LogP contribution in [0.1, 0.15) is 5.56 Å². The van der Waals surface area contributed by atoms with Crippen LogP contribution in [0.2, 0.25) is 15.1 Å². The van der Waals surface area contributed by atoms with Gasteiger partial charge < -0.3 is 5.32 Å². The summed E-state index contributed by atoms with van der Waals surface area (Å²) in [6.45, 7) is 0. The summed E-state index contributed by atoms with van der Waals surface area (Å²) in [7, 11) is 0. The first kappa shape index (κ1) is 14.0. The van der Waals surface area contributed by atoms with Crippen molar-refractivity contribution in [2.75, 3.05) is 5.32 Å². The molecule has 0 saturated carbocycles. The zero-order valence-corrected chi connectivity index (χ0v) is 11.6. The molecule has 0 aliphatic carbocycles. The summed E-state index contributed by atoms with van der Waals surface area (Å²) in [6.07, 6.45) is 0. The molecule has 0 spiro atoms. The summed E-state index contributed by atoms with van der Waals surface area (Å²) in [6, 6.07) is 9.56. The van der Waals surface area contributed by atoms with Gasteiger partial charge in [0, 0.05) is 5.69 Å². The molecule has 0 fully saturated rings. The van der Waals surface area contributed by atoms with Crippen molar-refractivity contribution >= 4 is 46.2 Å². The number of anilines is 2. The molecule has 6 heteroatoms. The Morgan fingerprint density at radius 1 is 1.00 bits per heavy atom. The van der Waals surface area contributed by atoms with Gasteiger partial charge in [-0.25, -0.2) is 4.39 Å². The molecule has 19 heavy (non-hydrogen) atoms. The van der Waals surface area contributed by atoms with Crippen LogP contribution in [0, 0.1) is 17.1 Å². The summed E-state index contributed by atoms with van der Waals surface area (Å²) in [4.78, 5) is 0. The molecule has 0 amide bonds. The first-order valence-corrected chi connectivity index (χ1v) is 6.26. The molecule has 0 heterocycles. The lowest BCUT2D eigenvalue weighted by Gasteiger charge is -2.10. The zero-order chi connectivity index (χ0) is 14.0. The molecular weight excluding hydrogens is 310 g/mol. The number of nitrogens with one attached hydrogen (secondary N) is 1. The van der Waals surface area contributed by atoms with Gasteiger partial charge in [0.1, 0.15) is 0 Å². The molecule has 0 bridgehead atoms. The summed E-state index contributed by atoms with van der Waals surface area (Å²) in [5.41, 5.74) is 1.52. The molecule has 2 nitrogen and oxygen atoms in total. The average molecular weight is 316 g/mol. The van der Waals surface area contributed by atoms with E-state index in [2.05, 4.69) is 5.32 Å². The fourth-order valence-corrected chi connectivity index (χ4v) is 2.18. The van der Waals surface area contributed by atoms with Crippen LogP contribution >= 0.6 is 34.8 Å². The van der Waals surface area contributed by atoms with Crippen molar-refractivity contribution in [3.8, 4) is 6.07 Å². The Morgan fingerprint density at radius 2 is 1.63 bits per heavy atom. The lowest BCUT2D eigenvalue weighted by Crippen LogP contribution is -1.93. The fourth-order valence-electron chi connectivity index (χ4n) is 1.47. The van der Waals surface area contributed by atoms with Crippen molar-refractivity contribution in [1.29, 1.82) is 5.26 Å². The highest BCUT2D eigenvalue weighted by Crippen LogP contribution is 2.31. The molecule has 2 rings (SSSR count). The van der Waals surface area contributed by atoms with Crippen molar-refractivity contribution < 1.29 is 4.39 Å². The maximum atomic E-state index is 13.3. The van der Waals surface area contributed by atoms with Gasteiger partial charge >= 0.3 is 0 Å². The lowest BCUT2D eigenvalue weighted by atomic mass is 10.2. The van der Waals surface area contributed by atoms with E-state index in [1.807, 2.05) is 6.07 Å². The van der Waals surface area contributed by atoms with E-state index in [0.29, 0.717) is 22.0 Å². The number of hydrogen-bond acceptors (Lipinski definition) is 2. The molecule has 2 aromatic rings. The smallest absolute Gasteiger partial charge is 0.160 e. The monoisotopic (exact) mass is 314 g/mol. The standard InChI is InChI=1S/C13H6Cl3FN2/c14-9-3-7(6-18)1-2-12(9)19-8-4-10(15)13(17)11(16)5-8/h1-5,19H. The van der Waals surface area contributed by atoms with Gasteiger partial charge in [-0.3, -0.25) is 0 Å². The van der Waals surface area contributed by atoms with E-state index < -0.39 is 5.82 Å². The van der Waals surface area contributed by atoms with Crippen LogP contribution in [-0.4, -0.2) is 0 Å². The number of halogens is 4. The minimum absolute atomic E-state index is 0.0835. The van der Waals surface area contributed by atoms with E-state index in [9.17, 15) is 4.39 Å². The third kappa shape index (κ3) is 3.10. The van der Waals surface area contributed by atoms with Crippen LogP contribution in [0.4, 0.5) is 15.8 Å². The maximum absolute atomic E-state index is 13.3. The van der Waals surface area contributed by atoms with E-state index in [4.69, 9.17) is 40.1 Å². The minimum Gasteiger partial charge on any atom is -0.354 e. The third-order valence-electron chi connectivity index (χ3n) is 2.36. The van der Waals surface area contributed by atoms with Crippen LogP contribution in [0.15, 0.2) is 30.3 Å². The lowest BCUT2D eigenvalue weighted by molar-refractivity contribution is 0.629. The second kappa shape index (κ2) is 5.66. The minimum atomic E-state index is -0.667. The van der Waals surface area contributed by atoms with E-state index in [-0.39, 0.29) is 10.0 Å². The number of nitriles is 1. The molecule has 1 N–H and O–H groups in total. The van der Waals surface area contributed by atoms with E-state index >= 15 is 0 Å². The van der Waals surface area contributed by atoms with Crippen LogP contribution < -0.4 is 5.32 Å². The predicted octanol–water partition coefficient (Wildman–Crippen LogP) is 5.40. The van der Waals surface area contributed by atoms with Gasteiger partial charge in [-0.15, -0.1) is 0 Å². The molecule has 0 unspecified atom stereocenters. The highest BCUT2D eigenvalue weighted by Gasteiger charge is 2.09.